The number of thioether (sulfide) groups is 1. The molecule has 1 aromatic carbocycles. The number of ether oxygens (including phenoxy) is 2. The lowest BCUT2D eigenvalue weighted by Gasteiger charge is -2.20. The minimum Gasteiger partial charge on any atom is -0.490 e. The van der Waals surface area contributed by atoms with Gasteiger partial charge in [0.2, 0.25) is 0 Å². The van der Waals surface area contributed by atoms with Gasteiger partial charge in [0.15, 0.2) is 17.5 Å². The molecule has 6 nitrogen and oxygen atoms in total. The second-order valence-electron chi connectivity index (χ2n) is 6.55. The molecule has 1 saturated heterocycles. The minimum atomic E-state index is -0.658. The molecule has 7 heteroatoms. The van der Waals surface area contributed by atoms with Crippen molar-refractivity contribution in [1.82, 2.24) is 10.6 Å². The molecule has 0 saturated carbocycles. The highest BCUT2D eigenvalue weighted by atomic mass is 32.2. The fourth-order valence-electron chi connectivity index (χ4n) is 2.87. The Balaban J connectivity index is 1.90. The van der Waals surface area contributed by atoms with E-state index in [0.717, 1.165) is 54.9 Å². The van der Waals surface area contributed by atoms with Gasteiger partial charge >= 0.3 is 0 Å². The van der Waals surface area contributed by atoms with Gasteiger partial charge in [-0.1, -0.05) is 6.07 Å². The molecular formula is C20H33N3O3S. The Morgan fingerprint density at radius 3 is 2.63 bits per heavy atom. The molecule has 152 valence electrons. The van der Waals surface area contributed by atoms with Crippen LogP contribution in [-0.2, 0) is 6.42 Å². The maximum absolute atomic E-state index is 10.5. The molecule has 1 aliphatic rings. The summed E-state index contributed by atoms with van der Waals surface area (Å²) in [5.41, 5.74) is 0.519. The summed E-state index contributed by atoms with van der Waals surface area (Å²) in [6.45, 7) is 9.19. The van der Waals surface area contributed by atoms with Gasteiger partial charge in [-0.15, -0.1) is 0 Å². The van der Waals surface area contributed by atoms with Crippen LogP contribution >= 0.6 is 11.8 Å². The quantitative estimate of drug-likeness (QED) is 0.417. The number of guanidine groups is 1. The third kappa shape index (κ3) is 7.14. The summed E-state index contributed by atoms with van der Waals surface area (Å²) in [4.78, 5) is 4.57. The molecule has 0 bridgehead atoms. The second-order valence-corrected chi connectivity index (χ2v) is 7.65. The molecule has 1 fully saturated rings. The highest BCUT2D eigenvalue weighted by Crippen LogP contribution is 2.29. The largest absolute Gasteiger partial charge is 0.490 e. The molecule has 0 amide bonds. The highest BCUT2D eigenvalue weighted by Gasteiger charge is 2.31. The zero-order valence-corrected chi connectivity index (χ0v) is 17.5. The Morgan fingerprint density at radius 1 is 1.19 bits per heavy atom. The van der Waals surface area contributed by atoms with Gasteiger partial charge in [0.25, 0.3) is 0 Å². The number of rotatable bonds is 10. The van der Waals surface area contributed by atoms with Gasteiger partial charge in [-0.2, -0.15) is 11.8 Å². The summed E-state index contributed by atoms with van der Waals surface area (Å²) >= 11 is 1.79. The lowest BCUT2D eigenvalue weighted by atomic mass is 10.1. The Hall–Kier alpha value is -1.60. The predicted molar refractivity (Wildman–Crippen MR) is 113 cm³/mol. The van der Waals surface area contributed by atoms with E-state index in [1.54, 1.807) is 11.8 Å². The van der Waals surface area contributed by atoms with Crippen molar-refractivity contribution in [2.45, 2.75) is 39.2 Å². The van der Waals surface area contributed by atoms with Crippen LogP contribution in [0.15, 0.2) is 23.2 Å². The molecule has 0 aromatic heterocycles. The van der Waals surface area contributed by atoms with E-state index >= 15 is 0 Å². The van der Waals surface area contributed by atoms with Gasteiger partial charge in [-0.05, 0) is 57.1 Å². The van der Waals surface area contributed by atoms with Gasteiger partial charge in [-0.25, -0.2) is 0 Å². The first-order valence-electron chi connectivity index (χ1n) is 9.81. The first-order chi connectivity index (χ1) is 13.1. The van der Waals surface area contributed by atoms with Gasteiger partial charge in [-0.3, -0.25) is 4.99 Å². The summed E-state index contributed by atoms with van der Waals surface area (Å²) < 4.78 is 11.3. The lowest BCUT2D eigenvalue weighted by Crippen LogP contribution is -2.40. The first kappa shape index (κ1) is 21.7. The fourth-order valence-corrected chi connectivity index (χ4v) is 4.15. The molecule has 1 atom stereocenters. The number of aliphatic hydroxyl groups is 1. The third-order valence-electron chi connectivity index (χ3n) is 4.27. The van der Waals surface area contributed by atoms with Crippen LogP contribution in [-0.4, -0.2) is 61.0 Å². The standard InChI is InChI=1S/C20H33N3O3S/c1-4-21-19(23-14-20(24)10-12-27-15-20)22-11-9-16-7-8-17(25-5-2)18(13-16)26-6-3/h7-8,13,24H,4-6,9-12,14-15H2,1-3H3,(H2,21,22,23). The average Bonchev–Trinajstić information content (AvgIpc) is 3.09. The smallest absolute Gasteiger partial charge is 0.191 e. The van der Waals surface area contributed by atoms with Gasteiger partial charge in [0.05, 0.1) is 25.4 Å². The number of nitrogens with one attached hydrogen (secondary N) is 2. The summed E-state index contributed by atoms with van der Waals surface area (Å²) in [7, 11) is 0. The monoisotopic (exact) mass is 395 g/mol. The zero-order chi connectivity index (χ0) is 19.5. The zero-order valence-electron chi connectivity index (χ0n) is 16.7. The van der Waals surface area contributed by atoms with E-state index in [1.165, 1.54) is 5.56 Å². The van der Waals surface area contributed by atoms with E-state index in [0.29, 0.717) is 19.8 Å². The van der Waals surface area contributed by atoms with Crippen LogP contribution in [0.4, 0.5) is 0 Å². The summed E-state index contributed by atoms with van der Waals surface area (Å²) in [5, 5.41) is 17.0. The molecule has 1 aromatic rings. The van der Waals surface area contributed by atoms with Crippen molar-refractivity contribution in [3.05, 3.63) is 23.8 Å². The summed E-state index contributed by atoms with van der Waals surface area (Å²) in [6, 6.07) is 6.08. The van der Waals surface area contributed by atoms with Gasteiger partial charge < -0.3 is 25.2 Å². The van der Waals surface area contributed by atoms with Crippen molar-refractivity contribution in [2.24, 2.45) is 4.99 Å². The van der Waals surface area contributed by atoms with E-state index < -0.39 is 5.60 Å². The van der Waals surface area contributed by atoms with Crippen molar-refractivity contribution < 1.29 is 14.6 Å². The summed E-state index contributed by atoms with van der Waals surface area (Å²) in [6.07, 6.45) is 1.66. The minimum absolute atomic E-state index is 0.437. The van der Waals surface area contributed by atoms with Crippen LogP contribution in [0.2, 0.25) is 0 Å². The number of hydrogen-bond acceptors (Lipinski definition) is 5. The molecule has 1 unspecified atom stereocenters. The number of hydrogen-bond donors (Lipinski definition) is 3. The third-order valence-corrected chi connectivity index (χ3v) is 5.51. The number of benzene rings is 1. The molecule has 2 rings (SSSR count). The average molecular weight is 396 g/mol. The molecule has 27 heavy (non-hydrogen) atoms. The predicted octanol–water partition coefficient (Wildman–Crippen LogP) is 2.45. The van der Waals surface area contributed by atoms with Gasteiger partial charge in [0.1, 0.15) is 0 Å². The summed E-state index contributed by atoms with van der Waals surface area (Å²) in [5.74, 6) is 4.10. The Labute approximate surface area is 167 Å². The van der Waals surface area contributed by atoms with E-state index in [4.69, 9.17) is 9.47 Å². The van der Waals surface area contributed by atoms with Crippen molar-refractivity contribution >= 4 is 17.7 Å². The van der Waals surface area contributed by atoms with Crippen LogP contribution in [0.1, 0.15) is 32.8 Å². The molecule has 0 aliphatic carbocycles. The van der Waals surface area contributed by atoms with Gasteiger partial charge in [0, 0.05) is 18.8 Å². The normalized spacial score (nSPS) is 19.8. The number of nitrogens with zero attached hydrogens (tertiary/aromatic N) is 1. The van der Waals surface area contributed by atoms with E-state index in [-0.39, 0.29) is 0 Å². The van der Waals surface area contributed by atoms with Crippen LogP contribution in [0.25, 0.3) is 0 Å². The lowest BCUT2D eigenvalue weighted by molar-refractivity contribution is 0.0778. The van der Waals surface area contributed by atoms with Crippen LogP contribution < -0.4 is 20.1 Å². The Kier molecular flexibility index (Phi) is 9.07. The van der Waals surface area contributed by atoms with E-state index in [1.807, 2.05) is 32.9 Å². The highest BCUT2D eigenvalue weighted by molar-refractivity contribution is 7.99. The van der Waals surface area contributed by atoms with Crippen molar-refractivity contribution in [2.75, 3.05) is 44.4 Å². The maximum Gasteiger partial charge on any atom is 0.191 e. The molecule has 1 aliphatic heterocycles. The van der Waals surface area contributed by atoms with Crippen LogP contribution in [0.5, 0.6) is 11.5 Å². The van der Waals surface area contributed by atoms with Crippen molar-refractivity contribution in [3.8, 4) is 11.5 Å². The second kappa shape index (κ2) is 11.3. The van der Waals surface area contributed by atoms with E-state index in [2.05, 4.69) is 21.7 Å². The molecule has 3 N–H and O–H groups in total. The SMILES string of the molecule is CCNC(=NCC1(O)CCSC1)NCCc1ccc(OCC)c(OCC)c1. The fraction of sp³-hybridized carbons (Fsp3) is 0.650. The first-order valence-corrected chi connectivity index (χ1v) is 11.0. The van der Waals surface area contributed by atoms with E-state index in [9.17, 15) is 5.11 Å². The molecule has 1 heterocycles. The number of aliphatic imine (C=N–C) groups is 1. The topological polar surface area (TPSA) is 75.1 Å². The van der Waals surface area contributed by atoms with Crippen LogP contribution in [0.3, 0.4) is 0 Å². The Bertz CT molecular complexity index is 604. The van der Waals surface area contributed by atoms with Crippen molar-refractivity contribution in [1.29, 1.82) is 0 Å². The molecule has 0 radical (unpaired) electrons. The van der Waals surface area contributed by atoms with Crippen molar-refractivity contribution in [3.63, 3.8) is 0 Å². The molecular weight excluding hydrogens is 362 g/mol. The Morgan fingerprint density at radius 2 is 1.96 bits per heavy atom. The maximum atomic E-state index is 10.5. The molecule has 0 spiro atoms. The van der Waals surface area contributed by atoms with Crippen LogP contribution in [0, 0.1) is 0 Å².